The second kappa shape index (κ2) is 1.99. The fourth-order valence-electron chi connectivity index (χ4n) is 0.937. The summed E-state index contributed by atoms with van der Waals surface area (Å²) in [5, 5.41) is 0. The van der Waals surface area contributed by atoms with Gasteiger partial charge in [-0.3, -0.25) is 0 Å². The van der Waals surface area contributed by atoms with Crippen LogP contribution in [0.1, 0.15) is 0 Å². The van der Waals surface area contributed by atoms with Crippen LogP contribution in [0.25, 0.3) is 0 Å². The maximum Gasteiger partial charge on any atom is 0.126 e. The van der Waals surface area contributed by atoms with E-state index in [1.165, 1.54) is 0 Å². The monoisotopic (exact) mass is 124 g/mol. The van der Waals surface area contributed by atoms with E-state index in [9.17, 15) is 0 Å². The van der Waals surface area contributed by atoms with Gasteiger partial charge in [0.15, 0.2) is 0 Å². The maximum absolute atomic E-state index is 2.22. The van der Waals surface area contributed by atoms with Crippen LogP contribution < -0.4 is 0 Å². The van der Waals surface area contributed by atoms with Gasteiger partial charge in [-0.2, -0.15) is 0 Å². The molecular weight excluding hydrogens is 110 g/mol. The van der Waals surface area contributed by atoms with Gasteiger partial charge in [-0.15, -0.1) is 0 Å². The van der Waals surface area contributed by atoms with Gasteiger partial charge in [0.1, 0.15) is 6.04 Å². The Morgan fingerprint density at radius 1 is 1.00 bits per heavy atom. The van der Waals surface area contributed by atoms with Crippen LogP contribution in [-0.2, 0) is 0 Å². The highest BCUT2D eigenvalue weighted by atomic mass is 15.3. The van der Waals surface area contributed by atoms with Crippen LogP contribution in [-0.4, -0.2) is 31.7 Å². The van der Waals surface area contributed by atoms with Gasteiger partial charge in [-0.1, -0.05) is 12.2 Å². The molecule has 0 saturated carbocycles. The summed E-state index contributed by atoms with van der Waals surface area (Å²) in [7, 11) is 6.60. The summed E-state index contributed by atoms with van der Waals surface area (Å²) in [5.74, 6) is 0. The first kappa shape index (κ1) is 6.56. The first-order chi connectivity index (χ1) is 4.11. The van der Waals surface area contributed by atoms with Crippen LogP contribution in [0.4, 0.5) is 0 Å². The molecule has 50 valence electrons. The van der Waals surface area contributed by atoms with E-state index < -0.39 is 0 Å². The lowest BCUT2D eigenvalue weighted by molar-refractivity contribution is -0.882. The minimum Gasteiger partial charge on any atom is -0.322 e. The van der Waals surface area contributed by atoms with Crippen molar-refractivity contribution >= 4 is 0 Å². The average Bonchev–Trinajstić information content (AvgIpc) is 2.08. The lowest BCUT2D eigenvalue weighted by Gasteiger charge is -2.28. The maximum atomic E-state index is 2.22. The molecule has 0 unspecified atom stereocenters. The molecule has 0 aromatic rings. The third kappa shape index (κ3) is 1.42. The second-order valence-electron chi connectivity index (χ2n) is 3.38. The quantitative estimate of drug-likeness (QED) is 0.461. The van der Waals surface area contributed by atoms with Crippen molar-refractivity contribution in [3.63, 3.8) is 0 Å². The Morgan fingerprint density at radius 2 is 1.44 bits per heavy atom. The number of nitrogens with zero attached hydrogens (tertiary/aromatic N) is 1. The van der Waals surface area contributed by atoms with Crippen LogP contribution in [0.5, 0.6) is 0 Å². The van der Waals surface area contributed by atoms with Crippen molar-refractivity contribution in [2.75, 3.05) is 21.1 Å². The molecule has 1 rings (SSSR count). The number of allylic oxidation sites excluding steroid dienone is 2. The molecule has 1 nitrogen and oxygen atoms in total. The average molecular weight is 124 g/mol. The van der Waals surface area contributed by atoms with Crippen molar-refractivity contribution in [3.8, 4) is 0 Å². The van der Waals surface area contributed by atoms with Crippen LogP contribution in [0, 0.1) is 0 Å². The molecule has 0 aromatic heterocycles. The molecule has 1 aliphatic carbocycles. The Labute approximate surface area is 56.9 Å². The SMILES string of the molecule is C[N+](C)(C)C1C=CC=C1. The molecule has 0 saturated heterocycles. The summed E-state index contributed by atoms with van der Waals surface area (Å²) in [6.07, 6.45) is 8.66. The van der Waals surface area contributed by atoms with Crippen molar-refractivity contribution in [1.29, 1.82) is 0 Å². The molecule has 0 fully saturated rings. The van der Waals surface area contributed by atoms with Crippen LogP contribution >= 0.6 is 0 Å². The molecule has 0 N–H and O–H groups in total. The highest BCUT2D eigenvalue weighted by Crippen LogP contribution is 2.10. The molecule has 0 aromatic carbocycles. The number of rotatable bonds is 1. The van der Waals surface area contributed by atoms with Gasteiger partial charge in [-0.25, -0.2) is 0 Å². The molecule has 0 radical (unpaired) electrons. The zero-order valence-corrected chi connectivity index (χ0v) is 6.33. The molecule has 0 atom stereocenters. The Kier molecular flexibility index (Phi) is 1.45. The zero-order chi connectivity index (χ0) is 6.91. The largest absolute Gasteiger partial charge is 0.322 e. The number of hydrogen-bond acceptors (Lipinski definition) is 0. The van der Waals surface area contributed by atoms with Crippen molar-refractivity contribution in [1.82, 2.24) is 0 Å². The number of hydrogen-bond donors (Lipinski definition) is 0. The molecular formula is C8H14N+. The topological polar surface area (TPSA) is 0 Å². The third-order valence-corrected chi connectivity index (χ3v) is 1.62. The second-order valence-corrected chi connectivity index (χ2v) is 3.38. The first-order valence-corrected chi connectivity index (χ1v) is 3.27. The molecule has 0 heterocycles. The smallest absolute Gasteiger partial charge is 0.126 e. The predicted molar refractivity (Wildman–Crippen MR) is 40.1 cm³/mol. The van der Waals surface area contributed by atoms with Gasteiger partial charge in [0.25, 0.3) is 0 Å². The Balaban J connectivity index is 2.64. The van der Waals surface area contributed by atoms with Crippen molar-refractivity contribution < 1.29 is 4.48 Å². The molecule has 0 bridgehead atoms. The summed E-state index contributed by atoms with van der Waals surface area (Å²) < 4.78 is 0.993. The summed E-state index contributed by atoms with van der Waals surface area (Å²) in [5.41, 5.74) is 0. The van der Waals surface area contributed by atoms with Crippen molar-refractivity contribution in [3.05, 3.63) is 24.3 Å². The fourth-order valence-corrected chi connectivity index (χ4v) is 0.937. The van der Waals surface area contributed by atoms with Gasteiger partial charge in [0.05, 0.1) is 21.1 Å². The highest BCUT2D eigenvalue weighted by Gasteiger charge is 2.18. The van der Waals surface area contributed by atoms with Crippen LogP contribution in [0.15, 0.2) is 24.3 Å². The van der Waals surface area contributed by atoms with Gasteiger partial charge in [0, 0.05) is 0 Å². The molecule has 0 amide bonds. The number of quaternary nitrogens is 1. The predicted octanol–water partition coefficient (Wildman–Crippen LogP) is 1.19. The molecule has 0 aliphatic heterocycles. The zero-order valence-electron chi connectivity index (χ0n) is 6.33. The van der Waals surface area contributed by atoms with E-state index >= 15 is 0 Å². The summed E-state index contributed by atoms with van der Waals surface area (Å²) in [6.45, 7) is 0. The van der Waals surface area contributed by atoms with Crippen LogP contribution in [0.3, 0.4) is 0 Å². The third-order valence-electron chi connectivity index (χ3n) is 1.62. The Bertz CT molecular complexity index is 136. The van der Waals surface area contributed by atoms with Crippen molar-refractivity contribution in [2.45, 2.75) is 6.04 Å². The Hall–Kier alpha value is -0.560. The number of likely N-dealkylation sites (N-methyl/N-ethyl adjacent to an activating group) is 1. The standard InChI is InChI=1S/C8H14N/c1-9(2,3)8-6-4-5-7-8/h4-8H,1-3H3/q+1. The lowest BCUT2D eigenvalue weighted by Crippen LogP contribution is -2.41. The van der Waals surface area contributed by atoms with Gasteiger partial charge < -0.3 is 4.48 Å². The lowest BCUT2D eigenvalue weighted by atomic mass is 10.3. The van der Waals surface area contributed by atoms with E-state index in [1.807, 2.05) is 0 Å². The highest BCUT2D eigenvalue weighted by molar-refractivity contribution is 5.18. The summed E-state index contributed by atoms with van der Waals surface area (Å²) in [4.78, 5) is 0. The summed E-state index contributed by atoms with van der Waals surface area (Å²) >= 11 is 0. The first-order valence-electron chi connectivity index (χ1n) is 3.27. The van der Waals surface area contributed by atoms with Gasteiger partial charge in [-0.05, 0) is 12.2 Å². The molecule has 1 heteroatoms. The molecule has 9 heavy (non-hydrogen) atoms. The summed E-state index contributed by atoms with van der Waals surface area (Å²) in [6, 6.07) is 0.588. The molecule has 1 aliphatic rings. The van der Waals surface area contributed by atoms with E-state index in [2.05, 4.69) is 45.4 Å². The fraction of sp³-hybridized carbons (Fsp3) is 0.500. The molecule has 0 spiro atoms. The van der Waals surface area contributed by atoms with E-state index in [0.717, 1.165) is 4.48 Å². The minimum atomic E-state index is 0.588. The normalized spacial score (nSPS) is 19.4. The van der Waals surface area contributed by atoms with Crippen LogP contribution in [0.2, 0.25) is 0 Å². The van der Waals surface area contributed by atoms with Gasteiger partial charge >= 0.3 is 0 Å². The van der Waals surface area contributed by atoms with E-state index in [0.29, 0.717) is 6.04 Å². The Morgan fingerprint density at radius 3 is 1.67 bits per heavy atom. The van der Waals surface area contributed by atoms with Crippen molar-refractivity contribution in [2.24, 2.45) is 0 Å². The van der Waals surface area contributed by atoms with E-state index in [4.69, 9.17) is 0 Å². The van der Waals surface area contributed by atoms with E-state index in [-0.39, 0.29) is 0 Å². The minimum absolute atomic E-state index is 0.588. The van der Waals surface area contributed by atoms with E-state index in [1.54, 1.807) is 0 Å². The van der Waals surface area contributed by atoms with Gasteiger partial charge in [0.2, 0.25) is 0 Å².